The lowest BCUT2D eigenvalue weighted by atomic mass is 10.1. The largest absolute Gasteiger partial charge is 0.441 e. The highest BCUT2D eigenvalue weighted by Gasteiger charge is 2.16. The van der Waals surface area contributed by atoms with Crippen molar-refractivity contribution in [2.45, 2.75) is 45.4 Å². The number of oxazole rings is 1. The third-order valence-electron chi connectivity index (χ3n) is 4.34. The van der Waals surface area contributed by atoms with E-state index in [4.69, 9.17) is 4.42 Å². The van der Waals surface area contributed by atoms with Crippen LogP contribution in [0.5, 0.6) is 0 Å². The first-order valence-electron chi connectivity index (χ1n) is 9.03. The number of carbonyl (C=O) groups is 1. The summed E-state index contributed by atoms with van der Waals surface area (Å²) < 4.78 is 32.3. The van der Waals surface area contributed by atoms with Crippen molar-refractivity contribution in [3.05, 3.63) is 46.9 Å². The summed E-state index contributed by atoms with van der Waals surface area (Å²) >= 11 is 1.38. The van der Waals surface area contributed by atoms with E-state index in [0.717, 1.165) is 30.0 Å². The van der Waals surface area contributed by atoms with Gasteiger partial charge in [-0.05, 0) is 25.0 Å². The molecular formula is C19H20F2N4O2S. The molecule has 9 heteroatoms. The third kappa shape index (κ3) is 4.78. The molecular weight excluding hydrogens is 386 g/mol. The standard InChI is InChI=1S/C19H20F2N4O2S/c1-3-11(4-2)18-24-25-19(28-18)23-16(26)7-8-17-22-10-15(27-17)13-6-5-12(20)9-14(13)21/h5-6,9-11H,3-4,7-8H2,1-2H3,(H,23,25,26). The number of aromatic nitrogens is 3. The van der Waals surface area contributed by atoms with E-state index in [1.807, 2.05) is 0 Å². The summed E-state index contributed by atoms with van der Waals surface area (Å²) in [6.07, 6.45) is 3.68. The van der Waals surface area contributed by atoms with Crippen LogP contribution in [0.3, 0.4) is 0 Å². The van der Waals surface area contributed by atoms with Gasteiger partial charge >= 0.3 is 0 Å². The molecule has 0 unspecified atom stereocenters. The Balaban J connectivity index is 1.56. The van der Waals surface area contributed by atoms with Crippen molar-refractivity contribution in [2.75, 3.05) is 5.32 Å². The molecule has 148 valence electrons. The lowest BCUT2D eigenvalue weighted by Gasteiger charge is -2.05. The molecule has 0 aliphatic rings. The summed E-state index contributed by atoms with van der Waals surface area (Å²) in [4.78, 5) is 16.2. The predicted octanol–water partition coefficient (Wildman–Crippen LogP) is 4.95. The number of nitrogens with one attached hydrogen (secondary N) is 1. The second kappa shape index (κ2) is 9.01. The van der Waals surface area contributed by atoms with Gasteiger partial charge in [-0.25, -0.2) is 13.8 Å². The minimum Gasteiger partial charge on any atom is -0.441 e. The van der Waals surface area contributed by atoms with Gasteiger partial charge < -0.3 is 9.73 Å². The number of hydrogen-bond donors (Lipinski definition) is 1. The van der Waals surface area contributed by atoms with Gasteiger partial charge in [-0.1, -0.05) is 25.2 Å². The van der Waals surface area contributed by atoms with Crippen LogP contribution >= 0.6 is 11.3 Å². The van der Waals surface area contributed by atoms with Crippen LogP contribution in [-0.2, 0) is 11.2 Å². The zero-order valence-electron chi connectivity index (χ0n) is 15.5. The van der Waals surface area contributed by atoms with Crippen molar-refractivity contribution in [3.63, 3.8) is 0 Å². The van der Waals surface area contributed by atoms with Gasteiger partial charge in [0.25, 0.3) is 0 Å². The Labute approximate surface area is 165 Å². The number of amides is 1. The fourth-order valence-electron chi connectivity index (χ4n) is 2.73. The molecule has 2 heterocycles. The van der Waals surface area contributed by atoms with Gasteiger partial charge in [0.15, 0.2) is 11.7 Å². The second-order valence-electron chi connectivity index (χ2n) is 6.25. The van der Waals surface area contributed by atoms with E-state index in [9.17, 15) is 13.6 Å². The zero-order valence-corrected chi connectivity index (χ0v) is 16.4. The molecule has 1 amide bonds. The molecule has 0 radical (unpaired) electrons. The molecule has 0 atom stereocenters. The number of carbonyl (C=O) groups excluding carboxylic acids is 1. The van der Waals surface area contributed by atoms with Gasteiger partial charge in [-0.3, -0.25) is 4.79 Å². The molecule has 1 aromatic carbocycles. The predicted molar refractivity (Wildman–Crippen MR) is 102 cm³/mol. The lowest BCUT2D eigenvalue weighted by Crippen LogP contribution is -2.12. The highest BCUT2D eigenvalue weighted by molar-refractivity contribution is 7.15. The highest BCUT2D eigenvalue weighted by Crippen LogP contribution is 2.28. The molecule has 0 bridgehead atoms. The van der Waals surface area contributed by atoms with E-state index in [-0.39, 0.29) is 30.1 Å². The van der Waals surface area contributed by atoms with Crippen molar-refractivity contribution >= 4 is 22.4 Å². The van der Waals surface area contributed by atoms with E-state index < -0.39 is 11.6 Å². The normalized spacial score (nSPS) is 11.2. The van der Waals surface area contributed by atoms with Crippen LogP contribution in [0.25, 0.3) is 11.3 Å². The SMILES string of the molecule is CCC(CC)c1nnc(NC(=O)CCc2ncc(-c3ccc(F)cc3F)o2)s1. The Kier molecular flexibility index (Phi) is 6.45. The van der Waals surface area contributed by atoms with E-state index >= 15 is 0 Å². The smallest absolute Gasteiger partial charge is 0.226 e. The number of benzene rings is 1. The van der Waals surface area contributed by atoms with Crippen LogP contribution in [0, 0.1) is 11.6 Å². The first kappa shape index (κ1) is 20.1. The summed E-state index contributed by atoms with van der Waals surface area (Å²) in [6.45, 7) is 4.19. The number of aryl methyl sites for hydroxylation is 1. The molecule has 28 heavy (non-hydrogen) atoms. The Morgan fingerprint density at radius 2 is 2.04 bits per heavy atom. The van der Waals surface area contributed by atoms with Gasteiger partial charge in [0.1, 0.15) is 16.6 Å². The molecule has 1 N–H and O–H groups in total. The number of hydrogen-bond acceptors (Lipinski definition) is 6. The molecule has 0 fully saturated rings. The van der Waals surface area contributed by atoms with Gasteiger partial charge in [0.05, 0.1) is 11.8 Å². The van der Waals surface area contributed by atoms with Crippen LogP contribution in [0.2, 0.25) is 0 Å². The van der Waals surface area contributed by atoms with Crippen LogP contribution in [-0.4, -0.2) is 21.1 Å². The average molecular weight is 406 g/mol. The van der Waals surface area contributed by atoms with E-state index in [0.29, 0.717) is 16.9 Å². The van der Waals surface area contributed by atoms with Crippen LogP contribution in [0.4, 0.5) is 13.9 Å². The van der Waals surface area contributed by atoms with E-state index in [2.05, 4.69) is 34.3 Å². The average Bonchev–Trinajstić information content (AvgIpc) is 3.31. The Bertz CT molecular complexity index is 953. The summed E-state index contributed by atoms with van der Waals surface area (Å²) in [6, 6.07) is 3.21. The number of halogens is 2. The van der Waals surface area contributed by atoms with Crippen molar-refractivity contribution < 1.29 is 18.0 Å². The van der Waals surface area contributed by atoms with Crippen molar-refractivity contribution in [1.29, 1.82) is 0 Å². The summed E-state index contributed by atoms with van der Waals surface area (Å²) in [7, 11) is 0. The molecule has 3 aromatic rings. The molecule has 2 aromatic heterocycles. The lowest BCUT2D eigenvalue weighted by molar-refractivity contribution is -0.116. The quantitative estimate of drug-likeness (QED) is 0.573. The first-order valence-corrected chi connectivity index (χ1v) is 9.85. The topological polar surface area (TPSA) is 80.9 Å². The van der Waals surface area contributed by atoms with Crippen molar-refractivity contribution in [1.82, 2.24) is 15.2 Å². The van der Waals surface area contributed by atoms with Gasteiger partial charge in [0.2, 0.25) is 11.0 Å². The Hall–Kier alpha value is -2.68. The zero-order chi connectivity index (χ0) is 20.1. The first-order chi connectivity index (χ1) is 13.5. The molecule has 3 rings (SSSR count). The van der Waals surface area contributed by atoms with Gasteiger partial charge in [-0.2, -0.15) is 0 Å². The minimum atomic E-state index is -0.732. The highest BCUT2D eigenvalue weighted by atomic mass is 32.1. The van der Waals surface area contributed by atoms with Gasteiger partial charge in [0, 0.05) is 24.8 Å². The van der Waals surface area contributed by atoms with Gasteiger partial charge in [-0.15, -0.1) is 10.2 Å². The maximum absolute atomic E-state index is 13.8. The van der Waals surface area contributed by atoms with E-state index in [1.165, 1.54) is 23.6 Å². The van der Waals surface area contributed by atoms with Crippen LogP contribution in [0.1, 0.15) is 49.9 Å². The van der Waals surface area contributed by atoms with Crippen molar-refractivity contribution in [2.24, 2.45) is 0 Å². The molecule has 6 nitrogen and oxygen atoms in total. The molecule has 0 spiro atoms. The van der Waals surface area contributed by atoms with Crippen LogP contribution < -0.4 is 5.32 Å². The molecule has 0 saturated carbocycles. The number of anilines is 1. The Morgan fingerprint density at radius 1 is 1.25 bits per heavy atom. The Morgan fingerprint density at radius 3 is 2.75 bits per heavy atom. The van der Waals surface area contributed by atoms with Crippen LogP contribution in [0.15, 0.2) is 28.8 Å². The van der Waals surface area contributed by atoms with Crippen molar-refractivity contribution in [3.8, 4) is 11.3 Å². The second-order valence-corrected chi connectivity index (χ2v) is 7.26. The molecule has 0 aliphatic heterocycles. The summed E-state index contributed by atoms with van der Waals surface area (Å²) in [5.74, 6) is -0.803. The summed E-state index contributed by atoms with van der Waals surface area (Å²) in [5, 5.41) is 12.3. The third-order valence-corrected chi connectivity index (χ3v) is 5.34. The fraction of sp³-hybridized carbons (Fsp3) is 0.368. The molecule has 0 saturated heterocycles. The number of nitrogens with zero attached hydrogens (tertiary/aromatic N) is 3. The summed E-state index contributed by atoms with van der Waals surface area (Å²) in [5.41, 5.74) is 0.118. The maximum Gasteiger partial charge on any atom is 0.226 e. The maximum atomic E-state index is 13.8. The minimum absolute atomic E-state index is 0.118. The van der Waals surface area contributed by atoms with E-state index in [1.54, 1.807) is 0 Å². The monoisotopic (exact) mass is 406 g/mol. The fourth-order valence-corrected chi connectivity index (χ4v) is 3.76. The molecule has 0 aliphatic carbocycles. The number of rotatable bonds is 8.